The van der Waals surface area contributed by atoms with Gasteiger partial charge in [0.15, 0.2) is 0 Å². The lowest BCUT2D eigenvalue weighted by Crippen LogP contribution is -2.29. The van der Waals surface area contributed by atoms with Gasteiger partial charge in [0.1, 0.15) is 9.68 Å². The van der Waals surface area contributed by atoms with E-state index in [1.165, 1.54) is 31.6 Å². The first-order valence-corrected chi connectivity index (χ1v) is 7.34. The third-order valence-electron chi connectivity index (χ3n) is 1.47. The molecule has 0 rings (SSSR count). The van der Waals surface area contributed by atoms with Gasteiger partial charge in [0.2, 0.25) is 0 Å². The summed E-state index contributed by atoms with van der Waals surface area (Å²) in [5.41, 5.74) is 1.42. The fraction of sp³-hybridized carbons (Fsp3) is 1.00. The van der Waals surface area contributed by atoms with Crippen molar-refractivity contribution in [2.45, 2.75) is 38.9 Å². The van der Waals surface area contributed by atoms with Gasteiger partial charge in [-0.25, -0.2) is 0 Å². The average Bonchev–Trinajstić information content (AvgIpc) is 2.01. The van der Waals surface area contributed by atoms with Crippen LogP contribution in [-0.4, -0.2) is 36.9 Å². The number of hydrogen-bond donors (Lipinski definition) is 0. The van der Waals surface area contributed by atoms with E-state index in [1.54, 1.807) is 0 Å². The molecule has 0 N–H and O–H groups in total. The molecule has 0 spiro atoms. The van der Waals surface area contributed by atoms with Crippen LogP contribution in [0.25, 0.3) is 0 Å². The molecule has 0 unspecified atom stereocenters. The van der Waals surface area contributed by atoms with Gasteiger partial charge in [-0.3, -0.25) is 0 Å². The number of nitrogens with zero attached hydrogens (tertiary/aromatic N) is 1. The van der Waals surface area contributed by atoms with E-state index in [0.29, 0.717) is 0 Å². The summed E-state index contributed by atoms with van der Waals surface area (Å²) < 4.78 is 2.61. The van der Waals surface area contributed by atoms with Gasteiger partial charge in [-0.05, 0) is 25.9 Å². The fourth-order valence-electron chi connectivity index (χ4n) is 1.00. The summed E-state index contributed by atoms with van der Waals surface area (Å²) in [7, 11) is 2.21. The SMILES string of the molecule is CCCN(CCC)[Si]C[Si]C. The van der Waals surface area contributed by atoms with E-state index in [9.17, 15) is 0 Å². The first-order valence-electron chi connectivity index (χ1n) is 4.48. The van der Waals surface area contributed by atoms with E-state index in [2.05, 4.69) is 25.0 Å². The minimum Gasteiger partial charge on any atom is -0.326 e. The standard InChI is InChI=1S/C8H19NSi2/c1-4-6-9(7-5-2)11-8-10-3/h4-8H2,1-3H3. The van der Waals surface area contributed by atoms with Crippen LogP contribution in [0.3, 0.4) is 0 Å². The zero-order chi connectivity index (χ0) is 8.53. The normalized spacial score (nSPS) is 10.9. The van der Waals surface area contributed by atoms with Crippen LogP contribution in [0.4, 0.5) is 0 Å². The van der Waals surface area contributed by atoms with Crippen molar-refractivity contribution in [3.8, 4) is 0 Å². The van der Waals surface area contributed by atoms with Crippen LogP contribution in [0.2, 0.25) is 12.2 Å². The maximum absolute atomic E-state index is 2.61. The second-order valence-corrected chi connectivity index (χ2v) is 5.75. The average molecular weight is 185 g/mol. The molecule has 3 heteroatoms. The maximum Gasteiger partial charge on any atom is 0.138 e. The summed E-state index contributed by atoms with van der Waals surface area (Å²) in [4.78, 5) is 0. The molecule has 0 aliphatic heterocycles. The molecule has 0 fully saturated rings. The van der Waals surface area contributed by atoms with Crippen molar-refractivity contribution >= 4 is 19.2 Å². The highest BCUT2D eigenvalue weighted by Gasteiger charge is 2.01. The predicted molar refractivity (Wildman–Crippen MR) is 54.3 cm³/mol. The fourth-order valence-corrected chi connectivity index (χ4v) is 3.29. The van der Waals surface area contributed by atoms with Gasteiger partial charge < -0.3 is 4.57 Å². The van der Waals surface area contributed by atoms with Crippen molar-refractivity contribution in [2.24, 2.45) is 0 Å². The van der Waals surface area contributed by atoms with E-state index in [-0.39, 0.29) is 0 Å². The zero-order valence-corrected chi connectivity index (χ0v) is 9.98. The second kappa shape index (κ2) is 8.49. The molecule has 0 saturated heterocycles. The summed E-state index contributed by atoms with van der Waals surface area (Å²) in [5, 5.41) is 0. The van der Waals surface area contributed by atoms with Gasteiger partial charge in [0, 0.05) is 9.52 Å². The van der Waals surface area contributed by atoms with Gasteiger partial charge in [0.25, 0.3) is 0 Å². The molecule has 11 heavy (non-hydrogen) atoms. The van der Waals surface area contributed by atoms with Gasteiger partial charge in [-0.15, -0.1) is 0 Å². The van der Waals surface area contributed by atoms with Gasteiger partial charge in [-0.1, -0.05) is 26.1 Å². The summed E-state index contributed by atoms with van der Waals surface area (Å²) in [6.45, 7) is 9.43. The largest absolute Gasteiger partial charge is 0.326 e. The molecular formula is C8H19NSi2. The Morgan fingerprint density at radius 3 is 2.00 bits per heavy atom. The van der Waals surface area contributed by atoms with Crippen LogP contribution >= 0.6 is 0 Å². The van der Waals surface area contributed by atoms with Crippen molar-refractivity contribution in [2.75, 3.05) is 13.1 Å². The predicted octanol–water partition coefficient (Wildman–Crippen LogP) is 1.86. The first kappa shape index (κ1) is 11.4. The zero-order valence-electron chi connectivity index (χ0n) is 7.98. The third kappa shape index (κ3) is 6.78. The molecule has 64 valence electrons. The lowest BCUT2D eigenvalue weighted by atomic mass is 10.4. The highest BCUT2D eigenvalue weighted by molar-refractivity contribution is 6.53. The Morgan fingerprint density at radius 2 is 1.64 bits per heavy atom. The van der Waals surface area contributed by atoms with E-state index in [0.717, 1.165) is 19.2 Å². The quantitative estimate of drug-likeness (QED) is 0.547. The lowest BCUT2D eigenvalue weighted by molar-refractivity contribution is 0.441. The molecule has 0 saturated carbocycles. The van der Waals surface area contributed by atoms with Crippen LogP contribution in [0.15, 0.2) is 0 Å². The Bertz CT molecular complexity index is 72.5. The molecule has 0 aromatic heterocycles. The lowest BCUT2D eigenvalue weighted by Gasteiger charge is -2.19. The first-order chi connectivity index (χ1) is 5.35. The minimum absolute atomic E-state index is 1.08. The van der Waals surface area contributed by atoms with E-state index in [4.69, 9.17) is 0 Å². The molecule has 0 aliphatic rings. The van der Waals surface area contributed by atoms with Crippen molar-refractivity contribution in [3.63, 3.8) is 0 Å². The molecule has 0 amide bonds. The van der Waals surface area contributed by atoms with Crippen LogP contribution in [-0.2, 0) is 0 Å². The van der Waals surface area contributed by atoms with Crippen molar-refractivity contribution in [1.82, 2.24) is 4.57 Å². The molecule has 0 atom stereocenters. The Labute approximate surface area is 76.3 Å². The topological polar surface area (TPSA) is 3.24 Å². The third-order valence-corrected chi connectivity index (χ3v) is 4.41. The van der Waals surface area contributed by atoms with Crippen LogP contribution in [0.5, 0.6) is 0 Å². The summed E-state index contributed by atoms with van der Waals surface area (Å²) in [6.07, 6.45) is 2.61. The van der Waals surface area contributed by atoms with Crippen LogP contribution in [0.1, 0.15) is 26.7 Å². The molecular weight excluding hydrogens is 166 g/mol. The van der Waals surface area contributed by atoms with Crippen molar-refractivity contribution in [1.29, 1.82) is 0 Å². The Balaban J connectivity index is 3.34. The highest BCUT2D eigenvalue weighted by Crippen LogP contribution is 1.93. The van der Waals surface area contributed by atoms with Crippen molar-refractivity contribution in [3.05, 3.63) is 0 Å². The molecule has 0 heterocycles. The Hall–Kier alpha value is 0.394. The second-order valence-electron chi connectivity index (χ2n) is 2.68. The monoisotopic (exact) mass is 185 g/mol. The molecule has 0 aromatic carbocycles. The van der Waals surface area contributed by atoms with Crippen LogP contribution in [0, 0.1) is 0 Å². The number of hydrogen-bond acceptors (Lipinski definition) is 1. The van der Waals surface area contributed by atoms with Gasteiger partial charge >= 0.3 is 0 Å². The minimum atomic E-state index is 1.08. The Morgan fingerprint density at radius 1 is 1.09 bits per heavy atom. The van der Waals surface area contributed by atoms with E-state index < -0.39 is 0 Å². The Kier molecular flexibility index (Phi) is 8.79. The summed E-state index contributed by atoms with van der Waals surface area (Å²) in [5.74, 6) is 0. The molecule has 0 bridgehead atoms. The molecule has 0 aliphatic carbocycles. The summed E-state index contributed by atoms with van der Waals surface area (Å²) in [6, 6.07) is 0. The smallest absolute Gasteiger partial charge is 0.138 e. The van der Waals surface area contributed by atoms with Crippen LogP contribution < -0.4 is 0 Å². The highest BCUT2D eigenvalue weighted by atomic mass is 28.3. The van der Waals surface area contributed by atoms with Gasteiger partial charge in [0.05, 0.1) is 0 Å². The number of rotatable bonds is 7. The van der Waals surface area contributed by atoms with Gasteiger partial charge in [-0.2, -0.15) is 0 Å². The van der Waals surface area contributed by atoms with E-state index >= 15 is 0 Å². The van der Waals surface area contributed by atoms with Crippen molar-refractivity contribution < 1.29 is 0 Å². The van der Waals surface area contributed by atoms with E-state index in [1.807, 2.05) is 0 Å². The molecule has 4 radical (unpaired) electrons. The molecule has 0 aromatic rings. The summed E-state index contributed by atoms with van der Waals surface area (Å²) >= 11 is 0. The maximum atomic E-state index is 2.61. The molecule has 1 nitrogen and oxygen atoms in total.